The first-order valence-electron chi connectivity index (χ1n) is 8.64. The fraction of sp³-hybridized carbons (Fsp3) is 0.474. The van der Waals surface area contributed by atoms with Crippen molar-refractivity contribution >= 4 is 11.8 Å². The van der Waals surface area contributed by atoms with Crippen molar-refractivity contribution in [2.45, 2.75) is 58.0 Å². The lowest BCUT2D eigenvalue weighted by molar-refractivity contribution is 0.461. The molecule has 1 aliphatic rings. The summed E-state index contributed by atoms with van der Waals surface area (Å²) in [6.07, 6.45) is 6.41. The van der Waals surface area contributed by atoms with E-state index in [2.05, 4.69) is 51.8 Å². The third kappa shape index (κ3) is 4.44. The molecule has 0 spiro atoms. The highest BCUT2D eigenvalue weighted by Gasteiger charge is 2.15. The third-order valence-electron chi connectivity index (χ3n) is 4.46. The predicted octanol–water partition coefficient (Wildman–Crippen LogP) is 4.70. The van der Waals surface area contributed by atoms with Gasteiger partial charge in [0.15, 0.2) is 0 Å². The van der Waals surface area contributed by atoms with Crippen LogP contribution in [0.1, 0.15) is 56.3 Å². The molecule has 1 aromatic carbocycles. The van der Waals surface area contributed by atoms with Crippen LogP contribution in [0.5, 0.6) is 0 Å². The molecule has 4 heteroatoms. The first-order chi connectivity index (χ1) is 11.2. The number of nitrogens with zero attached hydrogens (tertiary/aromatic N) is 2. The summed E-state index contributed by atoms with van der Waals surface area (Å²) in [5.74, 6) is 1.63. The van der Waals surface area contributed by atoms with E-state index in [1.54, 1.807) is 0 Å². The van der Waals surface area contributed by atoms with Gasteiger partial charge in [0.2, 0.25) is 5.95 Å². The lowest BCUT2D eigenvalue weighted by atomic mass is 9.96. The van der Waals surface area contributed by atoms with E-state index in [4.69, 9.17) is 0 Å². The summed E-state index contributed by atoms with van der Waals surface area (Å²) in [5, 5.41) is 7.00. The quantitative estimate of drug-likeness (QED) is 0.840. The molecule has 1 aromatic heterocycles. The van der Waals surface area contributed by atoms with Crippen LogP contribution in [0.3, 0.4) is 0 Å². The maximum absolute atomic E-state index is 4.66. The van der Waals surface area contributed by atoms with E-state index in [0.29, 0.717) is 6.04 Å². The molecular weight excluding hydrogens is 284 g/mol. The molecule has 1 fully saturated rings. The highest BCUT2D eigenvalue weighted by atomic mass is 15.2. The van der Waals surface area contributed by atoms with Crippen molar-refractivity contribution in [2.75, 3.05) is 10.6 Å². The van der Waals surface area contributed by atoms with Crippen molar-refractivity contribution < 1.29 is 0 Å². The molecule has 0 saturated heterocycles. The lowest BCUT2D eigenvalue weighted by Gasteiger charge is -2.23. The molecule has 0 aliphatic heterocycles. The largest absolute Gasteiger partial charge is 0.363 e. The number of hydrogen-bond acceptors (Lipinski definition) is 4. The van der Waals surface area contributed by atoms with E-state index in [-0.39, 0.29) is 6.04 Å². The molecule has 2 N–H and O–H groups in total. The number of rotatable bonds is 5. The minimum absolute atomic E-state index is 0.216. The van der Waals surface area contributed by atoms with Crippen molar-refractivity contribution in [1.29, 1.82) is 0 Å². The van der Waals surface area contributed by atoms with E-state index < -0.39 is 0 Å². The van der Waals surface area contributed by atoms with Gasteiger partial charge in [0, 0.05) is 23.8 Å². The second-order valence-electron chi connectivity index (χ2n) is 6.47. The van der Waals surface area contributed by atoms with Gasteiger partial charge in [-0.3, -0.25) is 0 Å². The summed E-state index contributed by atoms with van der Waals surface area (Å²) < 4.78 is 0. The molecule has 122 valence electrons. The van der Waals surface area contributed by atoms with Crippen molar-refractivity contribution in [3.8, 4) is 0 Å². The molecule has 0 bridgehead atoms. The molecular formula is C19H26N4. The van der Waals surface area contributed by atoms with Crippen LogP contribution < -0.4 is 10.6 Å². The van der Waals surface area contributed by atoms with Gasteiger partial charge in [-0.05, 0) is 32.3 Å². The number of aryl methyl sites for hydroxylation is 1. The molecule has 1 heterocycles. The second kappa shape index (κ2) is 7.44. The average molecular weight is 310 g/mol. The van der Waals surface area contributed by atoms with Gasteiger partial charge in [-0.1, -0.05) is 49.6 Å². The lowest BCUT2D eigenvalue weighted by Crippen LogP contribution is -2.24. The van der Waals surface area contributed by atoms with Crippen LogP contribution in [0.25, 0.3) is 0 Å². The maximum Gasteiger partial charge on any atom is 0.225 e. The fourth-order valence-corrected chi connectivity index (χ4v) is 3.18. The number of aromatic nitrogens is 2. The van der Waals surface area contributed by atoms with Gasteiger partial charge in [0.05, 0.1) is 0 Å². The summed E-state index contributed by atoms with van der Waals surface area (Å²) in [6.45, 7) is 4.17. The molecule has 0 radical (unpaired) electrons. The van der Waals surface area contributed by atoms with E-state index >= 15 is 0 Å². The van der Waals surface area contributed by atoms with E-state index in [0.717, 1.165) is 17.5 Å². The number of benzene rings is 1. The Morgan fingerprint density at radius 3 is 2.52 bits per heavy atom. The van der Waals surface area contributed by atoms with Crippen LogP contribution >= 0.6 is 0 Å². The van der Waals surface area contributed by atoms with Gasteiger partial charge in [0.25, 0.3) is 0 Å². The Labute approximate surface area is 138 Å². The van der Waals surface area contributed by atoms with Gasteiger partial charge < -0.3 is 10.6 Å². The Morgan fingerprint density at radius 2 is 1.78 bits per heavy atom. The monoisotopic (exact) mass is 310 g/mol. The summed E-state index contributed by atoms with van der Waals surface area (Å²) in [7, 11) is 0. The summed E-state index contributed by atoms with van der Waals surface area (Å²) in [5.41, 5.74) is 2.24. The highest BCUT2D eigenvalue weighted by Crippen LogP contribution is 2.22. The smallest absolute Gasteiger partial charge is 0.225 e. The molecule has 1 unspecified atom stereocenters. The highest BCUT2D eigenvalue weighted by molar-refractivity contribution is 5.44. The summed E-state index contributed by atoms with van der Waals surface area (Å²) in [4.78, 5) is 9.21. The summed E-state index contributed by atoms with van der Waals surface area (Å²) in [6, 6.07) is 13.2. The molecule has 4 nitrogen and oxygen atoms in total. The first-order valence-corrected chi connectivity index (χ1v) is 8.64. The maximum atomic E-state index is 4.66. The minimum Gasteiger partial charge on any atom is -0.363 e. The van der Waals surface area contributed by atoms with Gasteiger partial charge in [-0.25, -0.2) is 4.98 Å². The van der Waals surface area contributed by atoms with Crippen LogP contribution in [0.2, 0.25) is 0 Å². The molecule has 3 rings (SSSR count). The van der Waals surface area contributed by atoms with Crippen LogP contribution in [-0.4, -0.2) is 16.0 Å². The Hall–Kier alpha value is -2.10. The van der Waals surface area contributed by atoms with Crippen molar-refractivity contribution in [1.82, 2.24) is 9.97 Å². The molecule has 23 heavy (non-hydrogen) atoms. The average Bonchev–Trinajstić information content (AvgIpc) is 2.56. The van der Waals surface area contributed by atoms with E-state index in [1.165, 1.54) is 37.7 Å². The van der Waals surface area contributed by atoms with Crippen molar-refractivity contribution in [3.05, 3.63) is 47.7 Å². The third-order valence-corrected chi connectivity index (χ3v) is 4.46. The fourth-order valence-electron chi connectivity index (χ4n) is 3.18. The van der Waals surface area contributed by atoms with Crippen LogP contribution in [-0.2, 0) is 0 Å². The molecule has 1 atom stereocenters. The Kier molecular flexibility index (Phi) is 5.11. The zero-order valence-electron chi connectivity index (χ0n) is 14.0. The second-order valence-corrected chi connectivity index (χ2v) is 6.47. The Balaban J connectivity index is 1.69. The molecule has 1 saturated carbocycles. The van der Waals surface area contributed by atoms with Crippen molar-refractivity contribution in [2.24, 2.45) is 0 Å². The number of hydrogen-bond donors (Lipinski definition) is 2. The normalized spacial score (nSPS) is 16.8. The zero-order valence-corrected chi connectivity index (χ0v) is 14.0. The first kappa shape index (κ1) is 15.8. The predicted molar refractivity (Wildman–Crippen MR) is 95.7 cm³/mol. The van der Waals surface area contributed by atoms with E-state index in [1.807, 2.05) is 19.1 Å². The van der Waals surface area contributed by atoms with Gasteiger partial charge in [0.1, 0.15) is 5.82 Å². The SMILES string of the molecule is Cc1cc(NC(C)c2ccccc2)nc(NC2CCCCC2)n1. The zero-order chi connectivity index (χ0) is 16.1. The Bertz CT molecular complexity index is 621. The van der Waals surface area contributed by atoms with Crippen molar-refractivity contribution in [3.63, 3.8) is 0 Å². The standard InChI is InChI=1S/C19H26N4/c1-14-13-18(21-15(2)16-9-5-3-6-10-16)23-19(20-14)22-17-11-7-4-8-12-17/h3,5-6,9-10,13,15,17H,4,7-8,11-12H2,1-2H3,(H2,20,21,22,23). The van der Waals surface area contributed by atoms with Crippen LogP contribution in [0.4, 0.5) is 11.8 Å². The van der Waals surface area contributed by atoms with Gasteiger partial charge >= 0.3 is 0 Å². The Morgan fingerprint density at radius 1 is 1.04 bits per heavy atom. The van der Waals surface area contributed by atoms with E-state index in [9.17, 15) is 0 Å². The molecule has 2 aromatic rings. The van der Waals surface area contributed by atoms with Crippen LogP contribution in [0.15, 0.2) is 36.4 Å². The minimum atomic E-state index is 0.216. The molecule has 0 amide bonds. The summed E-state index contributed by atoms with van der Waals surface area (Å²) >= 11 is 0. The van der Waals surface area contributed by atoms with Gasteiger partial charge in [-0.2, -0.15) is 4.98 Å². The van der Waals surface area contributed by atoms with Crippen LogP contribution in [0, 0.1) is 6.92 Å². The number of anilines is 2. The molecule has 1 aliphatic carbocycles. The topological polar surface area (TPSA) is 49.8 Å². The number of nitrogens with one attached hydrogen (secondary N) is 2. The van der Waals surface area contributed by atoms with Gasteiger partial charge in [-0.15, -0.1) is 0 Å².